The highest BCUT2D eigenvalue weighted by atomic mass is 32.2. The number of nitrogens with one attached hydrogen (secondary N) is 1. The van der Waals surface area contributed by atoms with Crippen LogP contribution in [0.4, 0.5) is 10.1 Å². The van der Waals surface area contributed by atoms with Gasteiger partial charge in [-0.15, -0.1) is 0 Å². The van der Waals surface area contributed by atoms with E-state index in [0.29, 0.717) is 16.8 Å². The third-order valence-corrected chi connectivity index (χ3v) is 3.67. The first-order valence-electron chi connectivity index (χ1n) is 6.82. The molecule has 0 aliphatic carbocycles. The minimum atomic E-state index is -3.41. The number of hydrogen-bond acceptors (Lipinski definition) is 3. The Hall–Kier alpha value is -2.41. The topological polar surface area (TPSA) is 66.5 Å². The maximum absolute atomic E-state index is 13.2. The monoisotopic (exact) mass is 336 g/mol. The summed E-state index contributed by atoms with van der Waals surface area (Å²) in [5, 5.41) is 0. The fraction of sp³-hybridized carbons (Fsp3) is 0.188. The van der Waals surface area contributed by atoms with Gasteiger partial charge in [0.25, 0.3) is 5.91 Å². The summed E-state index contributed by atoms with van der Waals surface area (Å²) < 4.78 is 38.0. The molecule has 0 saturated heterocycles. The lowest BCUT2D eigenvalue weighted by Crippen LogP contribution is -2.26. The predicted octanol–water partition coefficient (Wildman–Crippen LogP) is 2.47. The quantitative estimate of drug-likeness (QED) is 0.912. The SMILES string of the molecule is CN(Cc1cccc(F)c1)C(=O)c1cccc(NS(C)(=O)=O)c1. The first-order chi connectivity index (χ1) is 10.7. The van der Waals surface area contributed by atoms with Gasteiger partial charge in [0, 0.05) is 24.8 Å². The minimum absolute atomic E-state index is 0.250. The molecule has 0 radical (unpaired) electrons. The zero-order valence-electron chi connectivity index (χ0n) is 12.8. The molecular weight excluding hydrogens is 319 g/mol. The van der Waals surface area contributed by atoms with E-state index in [1.807, 2.05) is 0 Å². The third-order valence-electron chi connectivity index (χ3n) is 3.07. The molecule has 0 bridgehead atoms. The molecule has 0 aliphatic heterocycles. The summed E-state index contributed by atoms with van der Waals surface area (Å²) in [6.45, 7) is 0.250. The molecule has 0 heterocycles. The van der Waals surface area contributed by atoms with Crippen molar-refractivity contribution < 1.29 is 17.6 Å². The van der Waals surface area contributed by atoms with Gasteiger partial charge in [-0.05, 0) is 35.9 Å². The van der Waals surface area contributed by atoms with Gasteiger partial charge in [0.05, 0.1) is 6.26 Å². The first kappa shape index (κ1) is 17.0. The molecule has 0 atom stereocenters. The maximum Gasteiger partial charge on any atom is 0.253 e. The Kier molecular flexibility index (Phi) is 5.00. The Morgan fingerprint density at radius 1 is 1.17 bits per heavy atom. The standard InChI is InChI=1S/C16H17FN2O3S/c1-19(11-12-5-3-7-14(17)9-12)16(20)13-6-4-8-15(10-13)18-23(2,21)22/h3-10,18H,11H2,1-2H3. The molecule has 2 aromatic carbocycles. The van der Waals surface area contributed by atoms with Gasteiger partial charge >= 0.3 is 0 Å². The normalized spacial score (nSPS) is 11.1. The van der Waals surface area contributed by atoms with E-state index in [-0.39, 0.29) is 18.3 Å². The molecule has 2 rings (SSSR count). The van der Waals surface area contributed by atoms with Gasteiger partial charge < -0.3 is 4.90 Å². The molecule has 0 fully saturated rings. The Bertz CT molecular complexity index is 822. The highest BCUT2D eigenvalue weighted by molar-refractivity contribution is 7.92. The largest absolute Gasteiger partial charge is 0.337 e. The van der Waals surface area contributed by atoms with Crippen molar-refractivity contribution in [3.63, 3.8) is 0 Å². The Morgan fingerprint density at radius 3 is 2.52 bits per heavy atom. The molecule has 0 saturated carbocycles. The van der Waals surface area contributed by atoms with Crippen molar-refractivity contribution in [3.8, 4) is 0 Å². The van der Waals surface area contributed by atoms with Crippen LogP contribution in [0.3, 0.4) is 0 Å². The molecule has 23 heavy (non-hydrogen) atoms. The number of sulfonamides is 1. The van der Waals surface area contributed by atoms with E-state index >= 15 is 0 Å². The van der Waals surface area contributed by atoms with Crippen LogP contribution in [0.25, 0.3) is 0 Å². The maximum atomic E-state index is 13.2. The number of anilines is 1. The van der Waals surface area contributed by atoms with E-state index in [0.717, 1.165) is 6.26 Å². The number of halogens is 1. The van der Waals surface area contributed by atoms with Crippen LogP contribution in [0.5, 0.6) is 0 Å². The summed E-state index contributed by atoms with van der Waals surface area (Å²) in [5.74, 6) is -0.644. The summed E-state index contributed by atoms with van der Waals surface area (Å²) in [6.07, 6.45) is 1.04. The van der Waals surface area contributed by atoms with Crippen molar-refractivity contribution in [2.24, 2.45) is 0 Å². The molecule has 0 aliphatic rings. The zero-order valence-corrected chi connectivity index (χ0v) is 13.6. The fourth-order valence-corrected chi connectivity index (χ4v) is 2.69. The number of carbonyl (C=O) groups excluding carboxylic acids is 1. The summed E-state index contributed by atoms with van der Waals surface area (Å²) in [6, 6.07) is 12.2. The van der Waals surface area contributed by atoms with Crippen LogP contribution in [0.2, 0.25) is 0 Å². The number of nitrogens with zero attached hydrogens (tertiary/aromatic N) is 1. The molecule has 5 nitrogen and oxygen atoms in total. The number of amides is 1. The van der Waals surface area contributed by atoms with Gasteiger partial charge in [-0.25, -0.2) is 12.8 Å². The van der Waals surface area contributed by atoms with Crippen molar-refractivity contribution in [1.82, 2.24) is 4.90 Å². The second-order valence-corrected chi connectivity index (χ2v) is 6.99. The molecule has 7 heteroatoms. The summed E-state index contributed by atoms with van der Waals surface area (Å²) in [5.41, 5.74) is 1.33. The second-order valence-electron chi connectivity index (χ2n) is 5.25. The molecule has 1 N–H and O–H groups in total. The zero-order chi connectivity index (χ0) is 17.0. The lowest BCUT2D eigenvalue weighted by atomic mass is 10.1. The smallest absolute Gasteiger partial charge is 0.253 e. The lowest BCUT2D eigenvalue weighted by Gasteiger charge is -2.18. The van der Waals surface area contributed by atoms with Crippen LogP contribution >= 0.6 is 0 Å². The fourth-order valence-electron chi connectivity index (χ4n) is 2.13. The first-order valence-corrected chi connectivity index (χ1v) is 8.71. The Morgan fingerprint density at radius 2 is 1.87 bits per heavy atom. The van der Waals surface area contributed by atoms with Crippen molar-refractivity contribution in [2.75, 3.05) is 18.0 Å². The van der Waals surface area contributed by atoms with Crippen LogP contribution in [0.15, 0.2) is 48.5 Å². The van der Waals surface area contributed by atoms with Crippen LogP contribution in [0, 0.1) is 5.82 Å². The van der Waals surface area contributed by atoms with Gasteiger partial charge in [-0.1, -0.05) is 18.2 Å². The molecule has 1 amide bonds. The van der Waals surface area contributed by atoms with Crippen molar-refractivity contribution >= 4 is 21.6 Å². The molecule has 122 valence electrons. The molecule has 0 unspecified atom stereocenters. The van der Waals surface area contributed by atoms with E-state index in [2.05, 4.69) is 4.72 Å². The van der Waals surface area contributed by atoms with Crippen molar-refractivity contribution in [3.05, 3.63) is 65.5 Å². The Labute approximate surface area is 134 Å². The molecular formula is C16H17FN2O3S. The van der Waals surface area contributed by atoms with Crippen molar-refractivity contribution in [2.45, 2.75) is 6.54 Å². The van der Waals surface area contributed by atoms with Gasteiger partial charge in [-0.2, -0.15) is 0 Å². The average molecular weight is 336 g/mol. The number of hydrogen-bond donors (Lipinski definition) is 1. The van der Waals surface area contributed by atoms with Gasteiger partial charge in [-0.3, -0.25) is 9.52 Å². The molecule has 0 spiro atoms. The third kappa shape index (κ3) is 5.07. The number of carbonyl (C=O) groups is 1. The highest BCUT2D eigenvalue weighted by Gasteiger charge is 2.13. The van der Waals surface area contributed by atoms with Crippen LogP contribution in [-0.2, 0) is 16.6 Å². The van der Waals surface area contributed by atoms with Gasteiger partial charge in [0.15, 0.2) is 0 Å². The van der Waals surface area contributed by atoms with Gasteiger partial charge in [0.1, 0.15) is 5.82 Å². The summed E-state index contributed by atoms with van der Waals surface area (Å²) >= 11 is 0. The minimum Gasteiger partial charge on any atom is -0.337 e. The van der Waals surface area contributed by atoms with E-state index in [9.17, 15) is 17.6 Å². The molecule has 2 aromatic rings. The summed E-state index contributed by atoms with van der Waals surface area (Å²) in [7, 11) is -1.81. The predicted molar refractivity (Wildman–Crippen MR) is 87.1 cm³/mol. The van der Waals surface area contributed by atoms with Crippen molar-refractivity contribution in [1.29, 1.82) is 0 Å². The van der Waals surface area contributed by atoms with Gasteiger partial charge in [0.2, 0.25) is 10.0 Å². The van der Waals surface area contributed by atoms with E-state index in [1.165, 1.54) is 23.1 Å². The highest BCUT2D eigenvalue weighted by Crippen LogP contribution is 2.15. The second kappa shape index (κ2) is 6.78. The van der Waals surface area contributed by atoms with E-state index < -0.39 is 10.0 Å². The average Bonchev–Trinajstić information content (AvgIpc) is 2.45. The Balaban J connectivity index is 2.14. The summed E-state index contributed by atoms with van der Waals surface area (Å²) in [4.78, 5) is 13.8. The number of benzene rings is 2. The van der Waals surface area contributed by atoms with Crippen LogP contribution in [-0.4, -0.2) is 32.5 Å². The lowest BCUT2D eigenvalue weighted by molar-refractivity contribution is 0.0785. The van der Waals surface area contributed by atoms with E-state index in [4.69, 9.17) is 0 Å². The molecule has 0 aromatic heterocycles. The van der Waals surface area contributed by atoms with E-state index in [1.54, 1.807) is 37.4 Å². The van der Waals surface area contributed by atoms with Crippen LogP contribution in [0.1, 0.15) is 15.9 Å². The van der Waals surface area contributed by atoms with Crippen LogP contribution < -0.4 is 4.72 Å². The number of rotatable bonds is 5.